The molecule has 3 aromatic heterocycles. The van der Waals surface area contributed by atoms with Crippen molar-refractivity contribution in [1.29, 1.82) is 0 Å². The highest BCUT2D eigenvalue weighted by Gasteiger charge is 2.23. The summed E-state index contributed by atoms with van der Waals surface area (Å²) in [5.74, 6) is 0.685. The lowest BCUT2D eigenvalue weighted by molar-refractivity contribution is -0.659. The molecule has 8 rings (SSSR count). The highest BCUT2D eigenvalue weighted by Crippen LogP contribution is 2.41. The third kappa shape index (κ3) is 4.27. The van der Waals surface area contributed by atoms with Crippen LogP contribution < -0.4 is 4.57 Å². The van der Waals surface area contributed by atoms with Gasteiger partial charge >= 0.3 is 0 Å². The van der Waals surface area contributed by atoms with Gasteiger partial charge in [0.2, 0.25) is 5.69 Å². The van der Waals surface area contributed by atoms with E-state index in [1.54, 1.807) is 0 Å². The van der Waals surface area contributed by atoms with E-state index in [0.29, 0.717) is 5.82 Å². The molecule has 0 aliphatic heterocycles. The number of para-hydroxylation sites is 1. The number of aryl methyl sites for hydroxylation is 2. The fraction of sp³-hybridized carbons (Fsp3) is 0.0513. The Morgan fingerprint density at radius 1 is 0.581 bits per heavy atom. The summed E-state index contributed by atoms with van der Waals surface area (Å²) < 4.78 is 9.08. The van der Waals surface area contributed by atoms with Gasteiger partial charge in [0, 0.05) is 38.9 Å². The maximum atomic E-state index is 6.89. The third-order valence-electron chi connectivity index (χ3n) is 8.24. The lowest BCUT2D eigenvalue weighted by atomic mass is 9.98. The Balaban J connectivity index is 1.39. The molecule has 43 heavy (non-hydrogen) atoms. The number of benzene rings is 5. The van der Waals surface area contributed by atoms with Crippen LogP contribution in [0.25, 0.3) is 77.9 Å². The van der Waals surface area contributed by atoms with Gasteiger partial charge in [-0.3, -0.25) is 0 Å². The van der Waals surface area contributed by atoms with E-state index in [1.807, 2.05) is 48.5 Å². The Kier molecular flexibility index (Phi) is 5.86. The first-order chi connectivity index (χ1) is 21.1. The molecular formula is C39H28N3O+. The van der Waals surface area contributed by atoms with E-state index in [-0.39, 0.29) is 0 Å². The Morgan fingerprint density at radius 3 is 2.05 bits per heavy atom. The van der Waals surface area contributed by atoms with Crippen LogP contribution in [-0.2, 0) is 7.05 Å². The average Bonchev–Trinajstić information content (AvgIpc) is 3.44. The van der Waals surface area contributed by atoms with Crippen molar-refractivity contribution >= 4 is 32.7 Å². The highest BCUT2D eigenvalue weighted by molar-refractivity contribution is 6.13. The predicted molar refractivity (Wildman–Crippen MR) is 174 cm³/mol. The number of hydrogen-bond acceptors (Lipinski definition) is 3. The molecule has 204 valence electrons. The van der Waals surface area contributed by atoms with Crippen molar-refractivity contribution in [1.82, 2.24) is 9.97 Å². The molecule has 0 saturated heterocycles. The van der Waals surface area contributed by atoms with Crippen molar-refractivity contribution in [2.24, 2.45) is 7.05 Å². The first-order valence-electron chi connectivity index (χ1n) is 14.5. The van der Waals surface area contributed by atoms with Crippen LogP contribution in [-0.4, -0.2) is 9.97 Å². The van der Waals surface area contributed by atoms with Gasteiger partial charge in [0.05, 0.1) is 17.0 Å². The normalized spacial score (nSPS) is 11.5. The van der Waals surface area contributed by atoms with Gasteiger partial charge < -0.3 is 4.42 Å². The van der Waals surface area contributed by atoms with Crippen LogP contribution >= 0.6 is 0 Å². The fourth-order valence-corrected chi connectivity index (χ4v) is 6.07. The molecule has 4 nitrogen and oxygen atoms in total. The number of fused-ring (bicyclic) bond motifs is 4. The molecule has 8 aromatic rings. The first-order valence-corrected chi connectivity index (χ1v) is 14.5. The molecule has 0 fully saturated rings. The van der Waals surface area contributed by atoms with Gasteiger partial charge in [-0.2, -0.15) is 0 Å². The summed E-state index contributed by atoms with van der Waals surface area (Å²) in [6.07, 6.45) is 2.19. The van der Waals surface area contributed by atoms with Gasteiger partial charge in [-0.05, 0) is 36.1 Å². The molecule has 0 amide bonds. The second-order valence-corrected chi connectivity index (χ2v) is 11.0. The monoisotopic (exact) mass is 554 g/mol. The summed E-state index contributed by atoms with van der Waals surface area (Å²) in [7, 11) is 2.10. The van der Waals surface area contributed by atoms with E-state index in [2.05, 4.69) is 104 Å². The quantitative estimate of drug-likeness (QED) is 0.204. The molecule has 0 radical (unpaired) electrons. The van der Waals surface area contributed by atoms with Gasteiger partial charge in [-0.15, -0.1) is 0 Å². The smallest absolute Gasteiger partial charge is 0.216 e. The van der Waals surface area contributed by atoms with Gasteiger partial charge in [0.25, 0.3) is 0 Å². The highest BCUT2D eigenvalue weighted by atomic mass is 16.3. The number of hydrogen-bond donors (Lipinski definition) is 0. The zero-order valence-electron chi connectivity index (χ0n) is 24.0. The lowest BCUT2D eigenvalue weighted by Gasteiger charge is -2.09. The summed E-state index contributed by atoms with van der Waals surface area (Å²) in [4.78, 5) is 10.1. The van der Waals surface area contributed by atoms with Gasteiger partial charge in [-0.25, -0.2) is 14.5 Å². The van der Waals surface area contributed by atoms with Crippen molar-refractivity contribution in [3.05, 3.63) is 139 Å². The van der Waals surface area contributed by atoms with Crippen molar-refractivity contribution in [3.63, 3.8) is 0 Å². The summed E-state index contributed by atoms with van der Waals surface area (Å²) in [5, 5.41) is 4.56. The van der Waals surface area contributed by atoms with E-state index >= 15 is 0 Å². The number of nitrogens with zero attached hydrogens (tertiary/aromatic N) is 3. The molecule has 3 heterocycles. The van der Waals surface area contributed by atoms with Gasteiger partial charge in [-0.1, -0.05) is 103 Å². The van der Waals surface area contributed by atoms with Crippen LogP contribution in [0.3, 0.4) is 0 Å². The molecule has 0 aliphatic carbocycles. The molecule has 0 unspecified atom stereocenters. The van der Waals surface area contributed by atoms with Crippen LogP contribution in [0, 0.1) is 6.92 Å². The molecule has 0 N–H and O–H groups in total. The van der Waals surface area contributed by atoms with E-state index < -0.39 is 0 Å². The average molecular weight is 555 g/mol. The number of rotatable bonds is 4. The number of aromatic nitrogens is 3. The van der Waals surface area contributed by atoms with E-state index in [9.17, 15) is 0 Å². The third-order valence-corrected chi connectivity index (χ3v) is 8.24. The minimum atomic E-state index is 0.685. The Morgan fingerprint density at radius 2 is 1.26 bits per heavy atom. The molecule has 0 bridgehead atoms. The van der Waals surface area contributed by atoms with E-state index in [1.165, 1.54) is 16.3 Å². The van der Waals surface area contributed by atoms with E-state index in [4.69, 9.17) is 14.4 Å². The summed E-state index contributed by atoms with van der Waals surface area (Å²) >= 11 is 0. The first kappa shape index (κ1) is 25.1. The van der Waals surface area contributed by atoms with Crippen LogP contribution in [0.1, 0.15) is 5.56 Å². The SMILES string of the molecule is Cc1ccc2c(oc3c(-c4cc(-c5ccccc5)nc(-c5ccccc5)n4)cccc32)c1-c1cc2ccccc2c[n+]1C. The molecule has 5 aromatic carbocycles. The minimum absolute atomic E-state index is 0.685. The van der Waals surface area contributed by atoms with Crippen LogP contribution in [0.15, 0.2) is 138 Å². The van der Waals surface area contributed by atoms with Gasteiger partial charge in [0.1, 0.15) is 18.2 Å². The second-order valence-electron chi connectivity index (χ2n) is 11.0. The molecule has 4 heteroatoms. The molecule has 0 saturated carbocycles. The molecular weight excluding hydrogens is 526 g/mol. The van der Waals surface area contributed by atoms with Crippen molar-refractivity contribution in [2.75, 3.05) is 0 Å². The zero-order chi connectivity index (χ0) is 28.9. The van der Waals surface area contributed by atoms with Gasteiger partial charge in [0.15, 0.2) is 12.0 Å². The molecule has 0 aliphatic rings. The molecule has 0 spiro atoms. The van der Waals surface area contributed by atoms with Crippen LogP contribution in [0.5, 0.6) is 0 Å². The Labute approximate surface area is 249 Å². The topological polar surface area (TPSA) is 42.8 Å². The predicted octanol–water partition coefficient (Wildman–Crippen LogP) is 9.33. The number of furan rings is 1. The Hall–Kier alpha value is -5.61. The fourth-order valence-electron chi connectivity index (χ4n) is 6.07. The summed E-state index contributed by atoms with van der Waals surface area (Å²) in [6.45, 7) is 2.15. The summed E-state index contributed by atoms with van der Waals surface area (Å²) in [5.41, 5.74) is 9.74. The standard InChI is InChI=1S/C39H28N3O/c1-25-20-21-31-30-18-11-19-32(37(30)43-38(31)36(25)35-22-28-16-9-10-17-29(28)24-42(35)2)34-23-33(26-12-5-3-6-13-26)40-39(41-34)27-14-7-4-8-15-27/h3-24H,1-2H3/q+1. The van der Waals surface area contributed by atoms with Crippen LogP contribution in [0.2, 0.25) is 0 Å². The van der Waals surface area contributed by atoms with Crippen molar-refractivity contribution in [2.45, 2.75) is 6.92 Å². The maximum absolute atomic E-state index is 6.89. The lowest BCUT2D eigenvalue weighted by Crippen LogP contribution is -2.30. The largest absolute Gasteiger partial charge is 0.454 e. The number of pyridine rings is 1. The second kappa shape index (κ2) is 10.0. The van der Waals surface area contributed by atoms with Crippen LogP contribution in [0.4, 0.5) is 0 Å². The zero-order valence-corrected chi connectivity index (χ0v) is 24.0. The van der Waals surface area contributed by atoms with Crippen molar-refractivity contribution in [3.8, 4) is 45.2 Å². The Bertz CT molecular complexity index is 2250. The minimum Gasteiger partial charge on any atom is -0.454 e. The summed E-state index contributed by atoms with van der Waals surface area (Å²) in [6, 6.07) is 43.9. The maximum Gasteiger partial charge on any atom is 0.216 e. The van der Waals surface area contributed by atoms with E-state index in [0.717, 1.165) is 61.3 Å². The molecule has 0 atom stereocenters. The van der Waals surface area contributed by atoms with Crippen molar-refractivity contribution < 1.29 is 8.98 Å².